The van der Waals surface area contributed by atoms with Crippen LogP contribution in [0.3, 0.4) is 0 Å². The molecule has 0 saturated heterocycles. The summed E-state index contributed by atoms with van der Waals surface area (Å²) in [6.07, 6.45) is 6.61. The first-order chi connectivity index (χ1) is 15.9. The van der Waals surface area contributed by atoms with Gasteiger partial charge in [-0.25, -0.2) is 0 Å². The van der Waals surface area contributed by atoms with E-state index in [9.17, 15) is 9.59 Å². The van der Waals surface area contributed by atoms with Crippen LogP contribution in [0.15, 0.2) is 79.1 Å². The summed E-state index contributed by atoms with van der Waals surface area (Å²) in [7, 11) is 0. The van der Waals surface area contributed by atoms with Gasteiger partial charge >= 0.3 is 5.97 Å². The number of anilines is 1. The predicted molar refractivity (Wildman–Crippen MR) is 130 cm³/mol. The van der Waals surface area contributed by atoms with Gasteiger partial charge < -0.3 is 15.2 Å². The number of halogens is 2. The van der Waals surface area contributed by atoms with E-state index in [1.807, 2.05) is 36.4 Å². The Labute approximate surface area is 201 Å². The first kappa shape index (κ1) is 24.3. The van der Waals surface area contributed by atoms with E-state index in [2.05, 4.69) is 10.3 Å². The summed E-state index contributed by atoms with van der Waals surface area (Å²) in [5.74, 6) is -0.920. The quantitative estimate of drug-likeness (QED) is 0.272. The van der Waals surface area contributed by atoms with Gasteiger partial charge in [-0.05, 0) is 66.4 Å². The number of hydrogen-bond acceptors (Lipinski definition) is 4. The lowest BCUT2D eigenvalue weighted by Crippen LogP contribution is -2.28. The summed E-state index contributed by atoms with van der Waals surface area (Å²) in [6.45, 7) is 0. The third-order valence-corrected chi connectivity index (χ3v) is 5.16. The zero-order chi connectivity index (χ0) is 23.6. The number of rotatable bonds is 10. The van der Waals surface area contributed by atoms with Crippen LogP contribution >= 0.6 is 23.2 Å². The van der Waals surface area contributed by atoms with Crippen LogP contribution in [-0.2, 0) is 9.59 Å². The highest BCUT2D eigenvalue weighted by molar-refractivity contribution is 6.31. The molecule has 1 heterocycles. The van der Waals surface area contributed by atoms with Crippen molar-refractivity contribution in [3.63, 3.8) is 0 Å². The number of benzene rings is 2. The van der Waals surface area contributed by atoms with Crippen molar-refractivity contribution in [2.24, 2.45) is 0 Å². The van der Waals surface area contributed by atoms with Gasteiger partial charge in [0.1, 0.15) is 5.75 Å². The third kappa shape index (κ3) is 7.63. The minimum Gasteiger partial charge on any atom is -0.481 e. The molecule has 1 atom stereocenters. The molecule has 0 saturated carbocycles. The lowest BCUT2D eigenvalue weighted by Gasteiger charge is -2.14. The molecular formula is C25H22Cl2N2O4. The van der Waals surface area contributed by atoms with Crippen LogP contribution in [0.4, 0.5) is 5.69 Å². The van der Waals surface area contributed by atoms with Crippen molar-refractivity contribution < 1.29 is 19.4 Å². The van der Waals surface area contributed by atoms with E-state index in [1.165, 1.54) is 0 Å². The van der Waals surface area contributed by atoms with E-state index < -0.39 is 17.4 Å². The molecule has 2 N–H and O–H groups in total. The number of carbonyl (C=O) groups excluding carboxylic acids is 1. The van der Waals surface area contributed by atoms with Gasteiger partial charge in [-0.15, -0.1) is 0 Å². The van der Waals surface area contributed by atoms with E-state index in [1.54, 1.807) is 42.7 Å². The normalized spacial score (nSPS) is 12.1. The number of carboxylic acid groups (broad SMARTS) is 1. The molecule has 33 heavy (non-hydrogen) atoms. The molecule has 0 bridgehead atoms. The number of pyridine rings is 1. The largest absolute Gasteiger partial charge is 0.481 e. The Bertz CT molecular complexity index is 1120. The second kappa shape index (κ2) is 12.0. The van der Waals surface area contributed by atoms with Crippen LogP contribution in [0, 0.1) is 0 Å². The first-order valence-corrected chi connectivity index (χ1v) is 11.0. The molecule has 3 aromatic rings. The van der Waals surface area contributed by atoms with Crippen molar-refractivity contribution in [3.8, 4) is 5.75 Å². The minimum atomic E-state index is -1.24. The third-order valence-electron chi connectivity index (χ3n) is 4.62. The van der Waals surface area contributed by atoms with E-state index >= 15 is 0 Å². The highest BCUT2D eigenvalue weighted by atomic mass is 35.5. The highest BCUT2D eigenvalue weighted by Crippen LogP contribution is 2.26. The summed E-state index contributed by atoms with van der Waals surface area (Å²) in [4.78, 5) is 27.5. The maximum atomic E-state index is 12.5. The van der Waals surface area contributed by atoms with Crippen LogP contribution in [0.2, 0.25) is 5.02 Å². The number of nitrogens with zero attached hydrogens (tertiary/aromatic N) is 1. The Morgan fingerprint density at radius 3 is 2.55 bits per heavy atom. The van der Waals surface area contributed by atoms with Gasteiger partial charge in [0.2, 0.25) is 0 Å². The van der Waals surface area contributed by atoms with Gasteiger partial charge in [0.05, 0.1) is 0 Å². The Hall–Kier alpha value is -3.35. The molecule has 0 spiro atoms. The van der Waals surface area contributed by atoms with Gasteiger partial charge in [-0.1, -0.05) is 47.5 Å². The Morgan fingerprint density at radius 1 is 1.09 bits per heavy atom. The fourth-order valence-corrected chi connectivity index (χ4v) is 3.36. The number of aliphatic carboxylic acids is 1. The van der Waals surface area contributed by atoms with Crippen molar-refractivity contribution in [2.45, 2.75) is 24.8 Å². The van der Waals surface area contributed by atoms with Crippen molar-refractivity contribution in [1.82, 2.24) is 4.98 Å². The molecule has 0 fully saturated rings. The molecule has 0 aliphatic carbocycles. The number of allylic oxidation sites excluding steroid dienone is 1. The molecule has 2 aromatic carbocycles. The van der Waals surface area contributed by atoms with Crippen LogP contribution in [0.5, 0.6) is 5.75 Å². The molecule has 6 nitrogen and oxygen atoms in total. The predicted octanol–water partition coefficient (Wildman–Crippen LogP) is 6.00. The standard InChI is InChI=1S/C25H22Cl2N2O4/c26-19-10-12-21(13-11-19)33-24(27)25(32)29-20-7-3-5-17(15-20)22(8-1-2-9-23(30)31)18-6-4-14-28-16-18/h3-8,10-16,24H,1-2,9H2,(H,29,32)(H,30,31). The number of amides is 1. The second-order valence-electron chi connectivity index (χ2n) is 7.10. The van der Waals surface area contributed by atoms with Crippen LogP contribution in [0.1, 0.15) is 30.4 Å². The molecule has 170 valence electrons. The number of carbonyl (C=O) groups is 2. The maximum absolute atomic E-state index is 12.5. The summed E-state index contributed by atoms with van der Waals surface area (Å²) >= 11 is 12.0. The number of hydrogen-bond donors (Lipinski definition) is 2. The van der Waals surface area contributed by atoms with E-state index in [0.717, 1.165) is 16.7 Å². The summed E-state index contributed by atoms with van der Waals surface area (Å²) in [5, 5.41) is 12.2. The van der Waals surface area contributed by atoms with Crippen LogP contribution in [0.25, 0.3) is 5.57 Å². The number of aromatic nitrogens is 1. The second-order valence-corrected chi connectivity index (χ2v) is 7.94. The molecule has 0 radical (unpaired) electrons. The van der Waals surface area contributed by atoms with Gasteiger partial charge in [-0.3, -0.25) is 14.6 Å². The number of unbranched alkanes of at least 4 members (excludes halogenated alkanes) is 1. The highest BCUT2D eigenvalue weighted by Gasteiger charge is 2.18. The summed E-state index contributed by atoms with van der Waals surface area (Å²) in [6, 6.07) is 17.6. The molecule has 0 aliphatic rings. The zero-order valence-corrected chi connectivity index (χ0v) is 19.1. The van der Waals surface area contributed by atoms with Gasteiger partial charge in [0.15, 0.2) is 0 Å². The number of carboxylic acids is 1. The fraction of sp³-hybridized carbons (Fsp3) is 0.160. The maximum Gasteiger partial charge on any atom is 0.303 e. The van der Waals surface area contributed by atoms with Crippen molar-refractivity contribution in [3.05, 3.63) is 95.3 Å². The van der Waals surface area contributed by atoms with Crippen LogP contribution in [-0.4, -0.2) is 27.5 Å². The minimum absolute atomic E-state index is 0.0949. The first-order valence-electron chi connectivity index (χ1n) is 10.2. The number of ether oxygens (including phenoxy) is 1. The summed E-state index contributed by atoms with van der Waals surface area (Å²) < 4.78 is 5.46. The van der Waals surface area contributed by atoms with Crippen molar-refractivity contribution in [2.75, 3.05) is 5.32 Å². The molecule has 1 aromatic heterocycles. The molecular weight excluding hydrogens is 463 g/mol. The van der Waals surface area contributed by atoms with Crippen molar-refractivity contribution in [1.29, 1.82) is 0 Å². The molecule has 3 rings (SSSR count). The van der Waals surface area contributed by atoms with Gasteiger partial charge in [0.25, 0.3) is 11.5 Å². The monoisotopic (exact) mass is 484 g/mol. The molecule has 1 unspecified atom stereocenters. The number of alkyl halides is 1. The molecule has 0 aliphatic heterocycles. The average Bonchev–Trinajstić information content (AvgIpc) is 2.81. The van der Waals surface area contributed by atoms with Gasteiger partial charge in [0, 0.05) is 35.1 Å². The smallest absolute Gasteiger partial charge is 0.303 e. The van der Waals surface area contributed by atoms with Crippen molar-refractivity contribution >= 4 is 46.3 Å². The number of nitrogens with one attached hydrogen (secondary N) is 1. The Balaban J connectivity index is 1.74. The van der Waals surface area contributed by atoms with E-state index in [-0.39, 0.29) is 6.42 Å². The molecule has 8 heteroatoms. The Morgan fingerprint density at radius 2 is 1.85 bits per heavy atom. The van der Waals surface area contributed by atoms with E-state index in [0.29, 0.717) is 29.3 Å². The van der Waals surface area contributed by atoms with E-state index in [4.69, 9.17) is 33.0 Å². The molecule has 1 amide bonds. The SMILES string of the molecule is O=C(O)CCCC=C(c1cccnc1)c1cccc(NC(=O)C(Cl)Oc2ccc(Cl)cc2)c1. The average molecular weight is 485 g/mol. The van der Waals surface area contributed by atoms with Crippen LogP contribution < -0.4 is 10.1 Å². The topological polar surface area (TPSA) is 88.5 Å². The Kier molecular flexibility index (Phi) is 8.87. The summed E-state index contributed by atoms with van der Waals surface area (Å²) in [5.41, 5.74) is 1.94. The lowest BCUT2D eigenvalue weighted by molar-refractivity contribution is -0.137. The van der Waals surface area contributed by atoms with Gasteiger partial charge in [-0.2, -0.15) is 0 Å². The zero-order valence-electron chi connectivity index (χ0n) is 17.6. The lowest BCUT2D eigenvalue weighted by atomic mass is 9.97. The fourth-order valence-electron chi connectivity index (χ4n) is 3.07.